The predicted molar refractivity (Wildman–Crippen MR) is 92.1 cm³/mol. The van der Waals surface area contributed by atoms with E-state index in [0.29, 0.717) is 40.9 Å². The van der Waals surface area contributed by atoms with E-state index >= 15 is 0 Å². The third-order valence-corrected chi connectivity index (χ3v) is 5.08. The molecule has 0 aromatic carbocycles. The molecule has 0 saturated heterocycles. The van der Waals surface area contributed by atoms with Crippen molar-refractivity contribution in [2.45, 2.75) is 43.3 Å². The van der Waals surface area contributed by atoms with Crippen molar-refractivity contribution in [1.82, 2.24) is 29.9 Å². The molecule has 0 aliphatic heterocycles. The lowest BCUT2D eigenvalue weighted by atomic mass is 10.5. The van der Waals surface area contributed by atoms with Crippen LogP contribution in [-0.2, 0) is 17.0 Å². The van der Waals surface area contributed by atoms with Crippen molar-refractivity contribution in [2.75, 3.05) is 24.7 Å². The van der Waals surface area contributed by atoms with E-state index < -0.39 is 0 Å². The molecule has 2 heterocycles. The van der Waals surface area contributed by atoms with E-state index in [4.69, 9.17) is 10.4 Å². The second-order valence-corrected chi connectivity index (χ2v) is 6.62. The van der Waals surface area contributed by atoms with E-state index in [9.17, 15) is 4.79 Å². The number of hydrogen-bond donors (Lipinski definition) is 1. The zero-order chi connectivity index (χ0) is 17.5. The summed E-state index contributed by atoms with van der Waals surface area (Å²) in [4.78, 5) is 18.0. The zero-order valence-corrected chi connectivity index (χ0v) is 15.6. The van der Waals surface area contributed by atoms with Gasteiger partial charge in [-0.25, -0.2) is 4.68 Å². The molecule has 2 N–H and O–H groups in total. The van der Waals surface area contributed by atoms with E-state index in [0.717, 1.165) is 6.42 Å². The second kappa shape index (κ2) is 8.92. The first kappa shape index (κ1) is 18.6. The SMILES string of the molecule is CCc1noc(CSc2nnc(SCC(=O)N(CC)CC)n2N)n1. The summed E-state index contributed by atoms with van der Waals surface area (Å²) in [7, 11) is 0. The fourth-order valence-electron chi connectivity index (χ4n) is 1.87. The van der Waals surface area contributed by atoms with Crippen LogP contribution >= 0.6 is 23.5 Å². The van der Waals surface area contributed by atoms with Crippen molar-refractivity contribution in [3.05, 3.63) is 11.7 Å². The molecule has 0 fully saturated rings. The van der Waals surface area contributed by atoms with Crippen molar-refractivity contribution in [3.63, 3.8) is 0 Å². The van der Waals surface area contributed by atoms with Gasteiger partial charge in [0, 0.05) is 19.5 Å². The van der Waals surface area contributed by atoms with Crippen molar-refractivity contribution >= 4 is 29.4 Å². The highest BCUT2D eigenvalue weighted by Gasteiger charge is 2.16. The van der Waals surface area contributed by atoms with Gasteiger partial charge in [0.1, 0.15) is 0 Å². The molecule has 0 spiro atoms. The number of nitrogens with two attached hydrogens (primary N) is 1. The van der Waals surface area contributed by atoms with Gasteiger partial charge >= 0.3 is 0 Å². The number of rotatable bonds is 9. The lowest BCUT2D eigenvalue weighted by Gasteiger charge is -2.17. The molecule has 0 atom stereocenters. The third-order valence-electron chi connectivity index (χ3n) is 3.23. The number of hydrogen-bond acceptors (Lipinski definition) is 9. The van der Waals surface area contributed by atoms with Crippen LogP contribution in [0.4, 0.5) is 0 Å². The minimum atomic E-state index is 0.0557. The Kier molecular flexibility index (Phi) is 6.91. The summed E-state index contributed by atoms with van der Waals surface area (Å²) in [6, 6.07) is 0. The number of amides is 1. The molecule has 0 aliphatic carbocycles. The first-order valence-electron chi connectivity index (χ1n) is 7.64. The lowest BCUT2D eigenvalue weighted by molar-refractivity contribution is -0.127. The van der Waals surface area contributed by atoms with Crippen LogP contribution in [0.3, 0.4) is 0 Å². The van der Waals surface area contributed by atoms with Crippen molar-refractivity contribution in [1.29, 1.82) is 0 Å². The van der Waals surface area contributed by atoms with Crippen LogP contribution in [-0.4, -0.2) is 54.7 Å². The van der Waals surface area contributed by atoms with Crippen LogP contribution in [0.15, 0.2) is 14.8 Å². The maximum Gasteiger partial charge on any atom is 0.237 e. The Labute approximate surface area is 148 Å². The highest BCUT2D eigenvalue weighted by molar-refractivity contribution is 8.00. The van der Waals surface area contributed by atoms with E-state index in [-0.39, 0.29) is 11.7 Å². The molecule has 0 radical (unpaired) electrons. The minimum absolute atomic E-state index is 0.0557. The van der Waals surface area contributed by atoms with Crippen molar-refractivity contribution in [3.8, 4) is 0 Å². The zero-order valence-electron chi connectivity index (χ0n) is 13.9. The predicted octanol–water partition coefficient (Wildman–Crippen LogP) is 1.19. The molecule has 9 nitrogen and oxygen atoms in total. The molecule has 11 heteroatoms. The molecule has 24 heavy (non-hydrogen) atoms. The number of aryl methyl sites for hydroxylation is 1. The van der Waals surface area contributed by atoms with Gasteiger partial charge < -0.3 is 15.3 Å². The lowest BCUT2D eigenvalue weighted by Crippen LogP contribution is -2.32. The van der Waals surface area contributed by atoms with Crippen LogP contribution in [0.1, 0.15) is 32.5 Å². The highest BCUT2D eigenvalue weighted by Crippen LogP contribution is 2.23. The van der Waals surface area contributed by atoms with Gasteiger partial charge in [-0.05, 0) is 13.8 Å². The molecular formula is C13H21N7O2S2. The van der Waals surface area contributed by atoms with E-state index in [1.54, 1.807) is 4.90 Å². The average Bonchev–Trinajstić information content (AvgIpc) is 3.19. The molecule has 2 aromatic rings. The largest absolute Gasteiger partial charge is 0.343 e. The van der Waals surface area contributed by atoms with Gasteiger partial charge in [-0.1, -0.05) is 35.6 Å². The summed E-state index contributed by atoms with van der Waals surface area (Å²) in [5.74, 6) is 7.98. The second-order valence-electron chi connectivity index (χ2n) is 4.74. The topological polar surface area (TPSA) is 116 Å². The molecule has 0 bridgehead atoms. The minimum Gasteiger partial charge on any atom is -0.343 e. The maximum atomic E-state index is 12.0. The summed E-state index contributed by atoms with van der Waals surface area (Å²) in [6.07, 6.45) is 0.725. The standard InChI is InChI=1S/C13H21N7O2S2/c1-4-9-15-10(22-18-9)7-23-12-16-17-13(20(12)14)24-8-11(21)19(5-2)6-3/h4-8,14H2,1-3H3. The molecular weight excluding hydrogens is 350 g/mol. The number of aromatic nitrogens is 5. The Balaban J connectivity index is 1.89. The number of thioether (sulfide) groups is 2. The molecule has 132 valence electrons. The number of nitrogen functional groups attached to an aromatic ring is 1. The van der Waals surface area contributed by atoms with E-state index in [2.05, 4.69) is 20.3 Å². The number of carbonyl (C=O) groups is 1. The quantitative estimate of drug-likeness (QED) is 0.512. The van der Waals surface area contributed by atoms with Gasteiger partial charge in [0.25, 0.3) is 0 Å². The van der Waals surface area contributed by atoms with Crippen molar-refractivity contribution in [2.24, 2.45) is 0 Å². The molecule has 2 aromatic heterocycles. The summed E-state index contributed by atoms with van der Waals surface area (Å²) >= 11 is 2.63. The van der Waals surface area contributed by atoms with Crippen molar-refractivity contribution < 1.29 is 9.32 Å². The summed E-state index contributed by atoms with van der Waals surface area (Å²) in [5.41, 5.74) is 0. The van der Waals surface area contributed by atoms with E-state index in [1.165, 1.54) is 28.2 Å². The monoisotopic (exact) mass is 371 g/mol. The van der Waals surface area contributed by atoms with Crippen LogP contribution < -0.4 is 5.84 Å². The highest BCUT2D eigenvalue weighted by atomic mass is 32.2. The third kappa shape index (κ3) is 4.63. The molecule has 0 aliphatic rings. The fourth-order valence-corrected chi connectivity index (χ4v) is 3.38. The smallest absolute Gasteiger partial charge is 0.237 e. The molecule has 0 saturated carbocycles. The Bertz CT molecular complexity index is 669. The maximum absolute atomic E-state index is 12.0. The molecule has 1 amide bonds. The summed E-state index contributed by atoms with van der Waals surface area (Å²) in [6.45, 7) is 7.25. The normalized spacial score (nSPS) is 11.0. The van der Waals surface area contributed by atoms with Gasteiger partial charge in [0.2, 0.25) is 22.1 Å². The van der Waals surface area contributed by atoms with Crippen LogP contribution in [0, 0.1) is 0 Å². The van der Waals surface area contributed by atoms with Crippen LogP contribution in [0.2, 0.25) is 0 Å². The molecule has 2 rings (SSSR count). The van der Waals surface area contributed by atoms with Crippen LogP contribution in [0.5, 0.6) is 0 Å². The summed E-state index contributed by atoms with van der Waals surface area (Å²) in [5, 5.41) is 12.9. The fraction of sp³-hybridized carbons (Fsp3) is 0.615. The first-order chi connectivity index (χ1) is 11.6. The Morgan fingerprint density at radius 2 is 1.88 bits per heavy atom. The first-order valence-corrected chi connectivity index (χ1v) is 9.61. The van der Waals surface area contributed by atoms with Crippen LogP contribution in [0.25, 0.3) is 0 Å². The van der Waals surface area contributed by atoms with E-state index in [1.807, 2.05) is 20.8 Å². The van der Waals surface area contributed by atoms with Gasteiger partial charge in [-0.3, -0.25) is 4.79 Å². The summed E-state index contributed by atoms with van der Waals surface area (Å²) < 4.78 is 6.50. The van der Waals surface area contributed by atoms with Gasteiger partial charge in [0.05, 0.1) is 11.5 Å². The van der Waals surface area contributed by atoms with Gasteiger partial charge in [-0.2, -0.15) is 4.98 Å². The Morgan fingerprint density at radius 1 is 1.21 bits per heavy atom. The van der Waals surface area contributed by atoms with Gasteiger partial charge in [-0.15, -0.1) is 10.2 Å². The number of nitrogens with zero attached hydrogens (tertiary/aromatic N) is 6. The Hall–Kier alpha value is -1.75. The molecule has 0 unspecified atom stereocenters. The Morgan fingerprint density at radius 3 is 2.46 bits per heavy atom. The average molecular weight is 371 g/mol. The van der Waals surface area contributed by atoms with Gasteiger partial charge in [0.15, 0.2) is 5.82 Å². The number of carbonyl (C=O) groups excluding carboxylic acids is 1.